The lowest BCUT2D eigenvalue weighted by Gasteiger charge is -2.19. The van der Waals surface area contributed by atoms with Gasteiger partial charge in [0.2, 0.25) is 0 Å². The third-order valence-corrected chi connectivity index (χ3v) is 2.68. The molecule has 7 nitrogen and oxygen atoms in total. The molecule has 0 unspecified atom stereocenters. The Morgan fingerprint density at radius 1 is 1.50 bits per heavy atom. The summed E-state index contributed by atoms with van der Waals surface area (Å²) < 4.78 is 28.1. The predicted molar refractivity (Wildman–Crippen MR) is 65.5 cm³/mol. The summed E-state index contributed by atoms with van der Waals surface area (Å²) in [5.41, 5.74) is 0.123. The van der Waals surface area contributed by atoms with E-state index in [1.165, 1.54) is 12.4 Å². The van der Waals surface area contributed by atoms with Crippen LogP contribution in [0.15, 0.2) is 12.4 Å². The number of rotatable bonds is 3. The molecule has 0 saturated carbocycles. The number of nitrogens with one attached hydrogen (secondary N) is 1. The first-order valence-corrected chi connectivity index (χ1v) is 7.12. The third-order valence-electron chi connectivity index (χ3n) is 1.80. The molecule has 102 valence electrons. The van der Waals surface area contributed by atoms with Gasteiger partial charge in [0.15, 0.2) is 0 Å². The fraction of sp³-hybridized carbons (Fsp3) is 0.600. The molecule has 0 aliphatic rings. The first-order valence-electron chi connectivity index (χ1n) is 5.27. The summed E-state index contributed by atoms with van der Waals surface area (Å²) in [5.74, 6) is 0. The standard InChI is InChI=1S/C10H17N3O4S/c1-10(2,3)12-9(14)17-7-8-5-11-13(6-8)18(4,15)16/h5-6H,7H2,1-4H3,(H,12,14). The van der Waals surface area contributed by atoms with Crippen LogP contribution in [0.2, 0.25) is 0 Å². The number of carbonyl (C=O) groups is 1. The first-order chi connectivity index (χ1) is 8.08. The summed E-state index contributed by atoms with van der Waals surface area (Å²) in [5, 5.41) is 6.28. The van der Waals surface area contributed by atoms with E-state index in [1.807, 2.05) is 20.8 Å². The largest absolute Gasteiger partial charge is 0.445 e. The fourth-order valence-electron chi connectivity index (χ4n) is 1.09. The van der Waals surface area contributed by atoms with Crippen LogP contribution in [0.4, 0.5) is 4.79 Å². The number of nitrogens with zero attached hydrogens (tertiary/aromatic N) is 2. The van der Waals surface area contributed by atoms with Crippen LogP contribution in [0.5, 0.6) is 0 Å². The van der Waals surface area contributed by atoms with Gasteiger partial charge in [-0.1, -0.05) is 0 Å². The Labute approximate surface area is 106 Å². The van der Waals surface area contributed by atoms with Crippen molar-refractivity contribution in [2.24, 2.45) is 0 Å². The van der Waals surface area contributed by atoms with Crippen LogP contribution in [-0.4, -0.2) is 35.5 Å². The normalized spacial score (nSPS) is 12.2. The molecule has 1 N–H and O–H groups in total. The Balaban J connectivity index is 2.55. The predicted octanol–water partition coefficient (Wildman–Crippen LogP) is 0.716. The van der Waals surface area contributed by atoms with Gasteiger partial charge in [-0.05, 0) is 20.8 Å². The van der Waals surface area contributed by atoms with Crippen molar-refractivity contribution in [2.75, 3.05) is 6.26 Å². The van der Waals surface area contributed by atoms with E-state index < -0.39 is 16.1 Å². The lowest BCUT2D eigenvalue weighted by molar-refractivity contribution is 0.131. The zero-order valence-electron chi connectivity index (χ0n) is 10.8. The van der Waals surface area contributed by atoms with Gasteiger partial charge in [0, 0.05) is 17.3 Å². The average Bonchev–Trinajstić information content (AvgIpc) is 2.59. The number of ether oxygens (including phenoxy) is 1. The van der Waals surface area contributed by atoms with Crippen molar-refractivity contribution < 1.29 is 17.9 Å². The maximum absolute atomic E-state index is 11.4. The van der Waals surface area contributed by atoms with E-state index in [4.69, 9.17) is 4.74 Å². The van der Waals surface area contributed by atoms with Crippen LogP contribution in [0.3, 0.4) is 0 Å². The molecule has 1 rings (SSSR count). The molecule has 0 fully saturated rings. The lowest BCUT2D eigenvalue weighted by Crippen LogP contribution is -2.40. The Morgan fingerprint density at radius 3 is 2.56 bits per heavy atom. The van der Waals surface area contributed by atoms with E-state index >= 15 is 0 Å². The minimum atomic E-state index is -3.40. The molecule has 0 aromatic carbocycles. The topological polar surface area (TPSA) is 90.3 Å². The van der Waals surface area contributed by atoms with Crippen LogP contribution in [0, 0.1) is 0 Å². The summed E-state index contributed by atoms with van der Waals surface area (Å²) in [7, 11) is -3.40. The maximum Gasteiger partial charge on any atom is 0.407 e. The van der Waals surface area contributed by atoms with E-state index in [0.29, 0.717) is 5.56 Å². The van der Waals surface area contributed by atoms with Crippen molar-refractivity contribution >= 4 is 16.1 Å². The molecular weight excluding hydrogens is 258 g/mol. The maximum atomic E-state index is 11.4. The molecule has 1 aromatic rings. The van der Waals surface area contributed by atoms with Gasteiger partial charge < -0.3 is 10.1 Å². The van der Waals surface area contributed by atoms with Crippen molar-refractivity contribution in [1.82, 2.24) is 14.5 Å². The molecule has 0 bridgehead atoms. The molecule has 0 aliphatic heterocycles. The van der Waals surface area contributed by atoms with Crippen LogP contribution in [0.25, 0.3) is 0 Å². The Morgan fingerprint density at radius 2 is 2.11 bits per heavy atom. The number of hydrogen-bond acceptors (Lipinski definition) is 5. The zero-order valence-corrected chi connectivity index (χ0v) is 11.6. The zero-order chi connectivity index (χ0) is 14.0. The monoisotopic (exact) mass is 275 g/mol. The second-order valence-corrected chi connectivity index (χ2v) is 6.78. The van der Waals surface area contributed by atoms with E-state index in [0.717, 1.165) is 10.3 Å². The second kappa shape index (κ2) is 4.97. The highest BCUT2D eigenvalue weighted by molar-refractivity contribution is 7.89. The van der Waals surface area contributed by atoms with Crippen LogP contribution in [0.1, 0.15) is 26.3 Å². The van der Waals surface area contributed by atoms with Gasteiger partial charge in [-0.15, -0.1) is 0 Å². The highest BCUT2D eigenvalue weighted by atomic mass is 32.2. The summed E-state index contributed by atoms with van der Waals surface area (Å²) in [6.45, 7) is 5.46. The van der Waals surface area contributed by atoms with Gasteiger partial charge in [-0.2, -0.15) is 9.19 Å². The van der Waals surface area contributed by atoms with E-state index in [1.54, 1.807) is 0 Å². The summed E-state index contributed by atoms with van der Waals surface area (Å²) in [6, 6.07) is 0. The number of carbonyl (C=O) groups excluding carboxylic acids is 1. The minimum Gasteiger partial charge on any atom is -0.445 e. The van der Waals surface area contributed by atoms with E-state index in [9.17, 15) is 13.2 Å². The molecular formula is C10H17N3O4S. The molecule has 1 aromatic heterocycles. The van der Waals surface area contributed by atoms with Crippen LogP contribution in [-0.2, 0) is 21.4 Å². The number of amides is 1. The van der Waals surface area contributed by atoms with Gasteiger partial charge in [0.25, 0.3) is 10.0 Å². The molecule has 18 heavy (non-hydrogen) atoms. The second-order valence-electron chi connectivity index (χ2n) is 4.94. The molecule has 0 atom stereocenters. The molecule has 0 spiro atoms. The molecule has 0 radical (unpaired) electrons. The van der Waals surface area contributed by atoms with Crippen molar-refractivity contribution in [2.45, 2.75) is 32.9 Å². The SMILES string of the molecule is CC(C)(C)NC(=O)OCc1cnn(S(C)(=O)=O)c1. The van der Waals surface area contributed by atoms with Crippen molar-refractivity contribution in [1.29, 1.82) is 0 Å². The first kappa shape index (κ1) is 14.5. The highest BCUT2D eigenvalue weighted by Gasteiger charge is 2.15. The quantitative estimate of drug-likeness (QED) is 0.877. The van der Waals surface area contributed by atoms with E-state index in [2.05, 4.69) is 10.4 Å². The molecule has 1 amide bonds. The number of aromatic nitrogens is 2. The summed E-state index contributed by atoms with van der Waals surface area (Å²) >= 11 is 0. The highest BCUT2D eigenvalue weighted by Crippen LogP contribution is 2.04. The van der Waals surface area contributed by atoms with Crippen LogP contribution >= 0.6 is 0 Å². The van der Waals surface area contributed by atoms with Gasteiger partial charge in [0.05, 0.1) is 12.5 Å². The van der Waals surface area contributed by atoms with Crippen LogP contribution < -0.4 is 5.32 Å². The smallest absolute Gasteiger partial charge is 0.407 e. The van der Waals surface area contributed by atoms with Crippen molar-refractivity contribution in [3.05, 3.63) is 18.0 Å². The fourth-order valence-corrected chi connectivity index (χ4v) is 1.63. The molecule has 0 saturated heterocycles. The Bertz CT molecular complexity index is 528. The van der Waals surface area contributed by atoms with Gasteiger partial charge in [0.1, 0.15) is 6.61 Å². The average molecular weight is 275 g/mol. The summed E-state index contributed by atoms with van der Waals surface area (Å²) in [6.07, 6.45) is 3.12. The van der Waals surface area contributed by atoms with Gasteiger partial charge in [-0.25, -0.2) is 13.2 Å². The van der Waals surface area contributed by atoms with E-state index in [-0.39, 0.29) is 12.1 Å². The minimum absolute atomic E-state index is 0.0303. The third kappa shape index (κ3) is 4.74. The molecule has 0 aliphatic carbocycles. The number of alkyl carbamates (subject to hydrolysis) is 1. The summed E-state index contributed by atoms with van der Waals surface area (Å²) in [4.78, 5) is 11.4. The van der Waals surface area contributed by atoms with Gasteiger partial charge >= 0.3 is 6.09 Å². The molecule has 1 heterocycles. The van der Waals surface area contributed by atoms with Crippen molar-refractivity contribution in [3.8, 4) is 0 Å². The lowest BCUT2D eigenvalue weighted by atomic mass is 10.1. The Hall–Kier alpha value is -1.57. The number of hydrogen-bond donors (Lipinski definition) is 1. The van der Waals surface area contributed by atoms with Crippen molar-refractivity contribution in [3.63, 3.8) is 0 Å². The van der Waals surface area contributed by atoms with Gasteiger partial charge in [-0.3, -0.25) is 0 Å². The Kier molecular flexibility index (Phi) is 4.00. The molecule has 8 heteroatoms.